The highest BCUT2D eigenvalue weighted by Crippen LogP contribution is 1.80. The van der Waals surface area contributed by atoms with Gasteiger partial charge in [0, 0.05) is 6.08 Å². The highest BCUT2D eigenvalue weighted by Gasteiger charge is 1.78. The lowest BCUT2D eigenvalue weighted by Gasteiger charge is -1.74. The fourth-order valence-corrected chi connectivity index (χ4v) is 0.353. The van der Waals surface area contributed by atoms with Crippen LogP contribution in [0.2, 0.25) is 0 Å². The van der Waals surface area contributed by atoms with Crippen molar-refractivity contribution < 1.29 is 9.90 Å². The van der Waals surface area contributed by atoms with E-state index in [-0.39, 0.29) is 0 Å². The maximum Gasteiger partial charge on any atom is 0.328 e. The van der Waals surface area contributed by atoms with Crippen LogP contribution < -0.4 is 0 Å². The number of carboxylic acid groups (broad SMARTS) is 1. The molecule has 0 fully saturated rings. The Hall–Kier alpha value is -1.05. The number of rotatable bonds is 3. The monoisotopic (exact) mass is 126 g/mol. The van der Waals surface area contributed by atoms with Gasteiger partial charge in [-0.05, 0) is 6.42 Å². The minimum Gasteiger partial charge on any atom is -0.478 e. The fraction of sp³-hybridized carbons (Fsp3) is 0.286. The lowest BCUT2D eigenvalue weighted by Crippen LogP contribution is -1.84. The van der Waals surface area contributed by atoms with Gasteiger partial charge >= 0.3 is 5.97 Å². The Morgan fingerprint density at radius 2 is 2.22 bits per heavy atom. The molecule has 0 radical (unpaired) electrons. The van der Waals surface area contributed by atoms with Gasteiger partial charge in [0.25, 0.3) is 0 Å². The third kappa shape index (κ3) is 6.95. The molecule has 2 heteroatoms. The summed E-state index contributed by atoms with van der Waals surface area (Å²) >= 11 is 0. The lowest BCUT2D eigenvalue weighted by molar-refractivity contribution is -0.131. The molecule has 0 aromatic rings. The summed E-state index contributed by atoms with van der Waals surface area (Å²) in [6.07, 6.45) is 7.15. The van der Waals surface area contributed by atoms with Gasteiger partial charge in [0.2, 0.25) is 0 Å². The van der Waals surface area contributed by atoms with E-state index < -0.39 is 5.97 Å². The molecular weight excluding hydrogens is 116 g/mol. The van der Waals surface area contributed by atoms with Crippen molar-refractivity contribution in [3.05, 3.63) is 24.3 Å². The summed E-state index contributed by atoms with van der Waals surface area (Å²) < 4.78 is 0. The van der Waals surface area contributed by atoms with E-state index in [0.717, 1.165) is 12.5 Å². The van der Waals surface area contributed by atoms with Crippen LogP contribution in [-0.2, 0) is 4.79 Å². The SMILES string of the molecule is CC/C=C/C=C/C(=O)O. The fourth-order valence-electron chi connectivity index (χ4n) is 0.353. The first-order valence-electron chi connectivity index (χ1n) is 2.83. The van der Waals surface area contributed by atoms with Gasteiger partial charge in [0.1, 0.15) is 0 Å². The van der Waals surface area contributed by atoms with Gasteiger partial charge in [-0.1, -0.05) is 25.2 Å². The molecule has 0 saturated heterocycles. The van der Waals surface area contributed by atoms with Gasteiger partial charge in [-0.15, -0.1) is 0 Å². The summed E-state index contributed by atoms with van der Waals surface area (Å²) in [6.45, 7) is 1.99. The molecule has 0 aliphatic rings. The van der Waals surface area contributed by atoms with E-state index in [4.69, 9.17) is 5.11 Å². The maximum atomic E-state index is 9.84. The third-order valence-corrected chi connectivity index (χ3v) is 0.722. The summed E-state index contributed by atoms with van der Waals surface area (Å²) in [7, 11) is 0. The molecule has 0 aliphatic heterocycles. The van der Waals surface area contributed by atoms with Gasteiger partial charge in [0.05, 0.1) is 0 Å². The minimum atomic E-state index is -0.907. The van der Waals surface area contributed by atoms with Crippen molar-refractivity contribution in [2.45, 2.75) is 13.3 Å². The number of hydrogen-bond acceptors (Lipinski definition) is 1. The summed E-state index contributed by atoms with van der Waals surface area (Å²) in [4.78, 5) is 9.84. The van der Waals surface area contributed by atoms with Gasteiger partial charge in [0.15, 0.2) is 0 Å². The van der Waals surface area contributed by atoms with Crippen LogP contribution in [0.5, 0.6) is 0 Å². The normalized spacial score (nSPS) is 11.2. The second kappa shape index (κ2) is 5.09. The lowest BCUT2D eigenvalue weighted by atomic mass is 10.4. The standard InChI is InChI=1S/C7H10O2/c1-2-3-4-5-6-7(8)9/h3-6H,2H2,1H3,(H,8,9)/b4-3+,6-5+. The summed E-state index contributed by atoms with van der Waals surface area (Å²) in [5.74, 6) is -0.907. The Kier molecular flexibility index (Phi) is 4.50. The number of aliphatic carboxylic acids is 1. The van der Waals surface area contributed by atoms with E-state index in [1.54, 1.807) is 6.08 Å². The zero-order chi connectivity index (χ0) is 7.11. The predicted molar refractivity (Wildman–Crippen MR) is 36.2 cm³/mol. The molecule has 0 bridgehead atoms. The van der Waals surface area contributed by atoms with Crippen LogP contribution in [-0.4, -0.2) is 11.1 Å². The van der Waals surface area contributed by atoms with Crippen molar-refractivity contribution in [1.82, 2.24) is 0 Å². The Bertz CT molecular complexity index is 134. The molecule has 0 heterocycles. The van der Waals surface area contributed by atoms with E-state index >= 15 is 0 Å². The van der Waals surface area contributed by atoms with E-state index in [2.05, 4.69) is 0 Å². The summed E-state index contributed by atoms with van der Waals surface area (Å²) in [5.41, 5.74) is 0. The first kappa shape index (κ1) is 7.95. The number of carbonyl (C=O) groups is 1. The molecule has 2 nitrogen and oxygen atoms in total. The average Bonchev–Trinajstić information content (AvgIpc) is 1.80. The molecule has 0 atom stereocenters. The highest BCUT2D eigenvalue weighted by molar-refractivity contribution is 5.80. The van der Waals surface area contributed by atoms with E-state index in [1.165, 1.54) is 6.08 Å². The molecule has 0 rings (SSSR count). The zero-order valence-corrected chi connectivity index (χ0v) is 5.37. The number of hydrogen-bond donors (Lipinski definition) is 1. The van der Waals surface area contributed by atoms with Crippen LogP contribution in [0.4, 0.5) is 0 Å². The number of carboxylic acids is 1. The van der Waals surface area contributed by atoms with Crippen LogP contribution in [0.25, 0.3) is 0 Å². The van der Waals surface area contributed by atoms with Gasteiger partial charge < -0.3 is 5.11 Å². The zero-order valence-electron chi connectivity index (χ0n) is 5.37. The van der Waals surface area contributed by atoms with E-state index in [0.29, 0.717) is 0 Å². The summed E-state index contributed by atoms with van der Waals surface area (Å²) in [5, 5.41) is 8.09. The molecule has 0 saturated carbocycles. The molecule has 0 amide bonds. The van der Waals surface area contributed by atoms with Crippen LogP contribution in [0.15, 0.2) is 24.3 Å². The van der Waals surface area contributed by atoms with Gasteiger partial charge in [-0.25, -0.2) is 4.79 Å². The van der Waals surface area contributed by atoms with Gasteiger partial charge in [-0.2, -0.15) is 0 Å². The van der Waals surface area contributed by atoms with Crippen molar-refractivity contribution in [3.63, 3.8) is 0 Å². The largest absolute Gasteiger partial charge is 0.478 e. The molecule has 9 heavy (non-hydrogen) atoms. The Morgan fingerprint density at radius 3 is 2.67 bits per heavy atom. The maximum absolute atomic E-state index is 9.84. The van der Waals surface area contributed by atoms with Gasteiger partial charge in [-0.3, -0.25) is 0 Å². The Morgan fingerprint density at radius 1 is 1.56 bits per heavy atom. The molecule has 50 valence electrons. The molecule has 0 spiro atoms. The third-order valence-electron chi connectivity index (χ3n) is 0.722. The van der Waals surface area contributed by atoms with Crippen molar-refractivity contribution in [2.24, 2.45) is 0 Å². The average molecular weight is 126 g/mol. The second-order valence-electron chi connectivity index (χ2n) is 1.53. The first-order chi connectivity index (χ1) is 4.27. The molecular formula is C7H10O2. The summed E-state index contributed by atoms with van der Waals surface area (Å²) in [6, 6.07) is 0. The molecule has 0 unspecified atom stereocenters. The highest BCUT2D eigenvalue weighted by atomic mass is 16.4. The Balaban J connectivity index is 3.47. The van der Waals surface area contributed by atoms with Crippen LogP contribution in [0, 0.1) is 0 Å². The molecule has 0 aromatic heterocycles. The topological polar surface area (TPSA) is 37.3 Å². The van der Waals surface area contributed by atoms with Crippen molar-refractivity contribution in [2.75, 3.05) is 0 Å². The quantitative estimate of drug-likeness (QED) is 0.460. The Labute approximate surface area is 54.5 Å². The van der Waals surface area contributed by atoms with Crippen molar-refractivity contribution in [1.29, 1.82) is 0 Å². The van der Waals surface area contributed by atoms with Crippen molar-refractivity contribution >= 4 is 5.97 Å². The minimum absolute atomic E-state index is 0.907. The van der Waals surface area contributed by atoms with Crippen molar-refractivity contribution in [3.8, 4) is 0 Å². The molecule has 0 aromatic carbocycles. The number of allylic oxidation sites excluding steroid dienone is 3. The first-order valence-corrected chi connectivity index (χ1v) is 2.83. The van der Waals surface area contributed by atoms with Crippen LogP contribution in [0.1, 0.15) is 13.3 Å². The van der Waals surface area contributed by atoms with E-state index in [1.807, 2.05) is 13.0 Å². The van der Waals surface area contributed by atoms with Crippen LogP contribution >= 0.6 is 0 Å². The smallest absolute Gasteiger partial charge is 0.328 e. The second-order valence-corrected chi connectivity index (χ2v) is 1.53. The van der Waals surface area contributed by atoms with E-state index in [9.17, 15) is 4.79 Å². The molecule has 1 N–H and O–H groups in total. The molecule has 0 aliphatic carbocycles. The predicted octanol–water partition coefficient (Wildman–Crippen LogP) is 1.59. The van der Waals surface area contributed by atoms with Crippen LogP contribution in [0.3, 0.4) is 0 Å².